The van der Waals surface area contributed by atoms with Crippen molar-refractivity contribution in [2.45, 2.75) is 93.4 Å². The van der Waals surface area contributed by atoms with E-state index >= 15 is 0 Å². The van der Waals surface area contributed by atoms with E-state index in [-0.39, 0.29) is 28.2 Å². The van der Waals surface area contributed by atoms with Crippen molar-refractivity contribution in [3.8, 4) is 0 Å². The topological polar surface area (TPSA) is 49.5 Å². The Kier molecular flexibility index (Phi) is 3.42. The second-order valence-corrected chi connectivity index (χ2v) is 11.2. The maximum atomic E-state index is 6.72. The van der Waals surface area contributed by atoms with E-state index in [0.29, 0.717) is 17.8 Å². The molecule has 0 aromatic carbocycles. The Morgan fingerprint density at radius 3 is 2.52 bits per heavy atom. The Morgan fingerprint density at radius 1 is 0.862 bits per heavy atom. The molecule has 160 valence electrons. The molecule has 0 aromatic heterocycles. The zero-order chi connectivity index (χ0) is 19.5. The molecule has 4 aliphatic carbocycles. The van der Waals surface area contributed by atoms with Crippen LogP contribution >= 0.6 is 0 Å². The van der Waals surface area contributed by atoms with E-state index < -0.39 is 0 Å². The lowest BCUT2D eigenvalue weighted by molar-refractivity contribution is -0.186. The van der Waals surface area contributed by atoms with Crippen molar-refractivity contribution in [2.75, 3.05) is 26.4 Å². The van der Waals surface area contributed by atoms with Crippen LogP contribution in [0.4, 0.5) is 0 Å². The summed E-state index contributed by atoms with van der Waals surface area (Å²) in [6, 6.07) is 0. The summed E-state index contributed by atoms with van der Waals surface area (Å²) in [5.41, 5.74) is 1.41. The molecule has 2 spiro atoms. The van der Waals surface area contributed by atoms with Gasteiger partial charge in [0.25, 0.3) is 0 Å². The van der Waals surface area contributed by atoms with Crippen molar-refractivity contribution in [2.24, 2.45) is 17.8 Å². The number of hydrogen-bond acceptors (Lipinski definition) is 5. The molecule has 0 aromatic rings. The molecular formula is C24H34O5. The molecular weight excluding hydrogens is 368 g/mol. The Balaban J connectivity index is 1.24. The highest BCUT2D eigenvalue weighted by atomic mass is 16.7. The van der Waals surface area contributed by atoms with Gasteiger partial charge in [-0.15, -0.1) is 0 Å². The summed E-state index contributed by atoms with van der Waals surface area (Å²) in [5, 5.41) is 0. The molecule has 7 aliphatic rings. The van der Waals surface area contributed by atoms with Crippen LogP contribution in [0.15, 0.2) is 11.6 Å². The fourth-order valence-electron chi connectivity index (χ4n) is 8.82. The zero-order valence-electron chi connectivity index (χ0n) is 17.8. The third-order valence-electron chi connectivity index (χ3n) is 9.89. The number of epoxide rings is 1. The van der Waals surface area contributed by atoms with E-state index in [9.17, 15) is 0 Å². The van der Waals surface area contributed by atoms with Gasteiger partial charge in [-0.1, -0.05) is 6.08 Å². The maximum Gasteiger partial charge on any atom is 0.171 e. The van der Waals surface area contributed by atoms with E-state index in [2.05, 4.69) is 19.9 Å². The monoisotopic (exact) mass is 402 g/mol. The maximum absolute atomic E-state index is 6.72. The molecule has 0 radical (unpaired) electrons. The summed E-state index contributed by atoms with van der Waals surface area (Å²) in [5.74, 6) is 1.34. The minimum Gasteiger partial charge on any atom is -0.373 e. The zero-order valence-corrected chi connectivity index (χ0v) is 17.8. The average molecular weight is 403 g/mol. The molecule has 3 saturated carbocycles. The van der Waals surface area contributed by atoms with E-state index in [4.69, 9.17) is 23.7 Å². The van der Waals surface area contributed by atoms with Gasteiger partial charge in [0.1, 0.15) is 11.2 Å². The Labute approximate surface area is 173 Å². The SMILES string of the molecule is CC1(C)OCCOC23CC=C4C(CC[C@@]56CC7(CC[C@@]45O6)OCCO7)C2CC[C@H]13. The molecule has 5 nitrogen and oxygen atoms in total. The smallest absolute Gasteiger partial charge is 0.171 e. The first kappa shape index (κ1) is 18.1. The number of fused-ring (bicyclic) bond motifs is 2. The molecule has 3 unspecified atom stereocenters. The van der Waals surface area contributed by atoms with Gasteiger partial charge in [0.2, 0.25) is 0 Å². The minimum absolute atomic E-state index is 0.0345. The van der Waals surface area contributed by atoms with Gasteiger partial charge in [0, 0.05) is 18.8 Å². The van der Waals surface area contributed by atoms with Gasteiger partial charge in [0.05, 0.1) is 37.6 Å². The molecule has 0 N–H and O–H groups in total. The molecule has 29 heavy (non-hydrogen) atoms. The third-order valence-corrected chi connectivity index (χ3v) is 9.89. The summed E-state index contributed by atoms with van der Waals surface area (Å²) in [6.07, 6.45) is 11.4. The van der Waals surface area contributed by atoms with E-state index in [0.717, 1.165) is 58.5 Å². The van der Waals surface area contributed by atoms with Crippen molar-refractivity contribution in [1.82, 2.24) is 0 Å². The lowest BCUT2D eigenvalue weighted by Crippen LogP contribution is -2.56. The van der Waals surface area contributed by atoms with E-state index in [1.165, 1.54) is 19.3 Å². The number of rotatable bonds is 0. The Bertz CT molecular complexity index is 769. The molecule has 3 heterocycles. The van der Waals surface area contributed by atoms with Crippen molar-refractivity contribution in [3.63, 3.8) is 0 Å². The van der Waals surface area contributed by atoms with E-state index in [1.54, 1.807) is 5.57 Å². The van der Waals surface area contributed by atoms with Crippen LogP contribution in [-0.2, 0) is 23.7 Å². The van der Waals surface area contributed by atoms with Gasteiger partial charge in [-0.05, 0) is 69.8 Å². The highest BCUT2D eigenvalue weighted by molar-refractivity contribution is 5.43. The fraction of sp³-hybridized carbons (Fsp3) is 0.917. The average Bonchev–Trinajstić information content (AvgIpc) is 2.99. The second kappa shape index (κ2) is 5.47. The van der Waals surface area contributed by atoms with Gasteiger partial charge in [0.15, 0.2) is 5.79 Å². The van der Waals surface area contributed by atoms with Crippen LogP contribution < -0.4 is 0 Å². The Hall–Kier alpha value is -0.460. The molecule has 6 atom stereocenters. The summed E-state index contributed by atoms with van der Waals surface area (Å²) < 4.78 is 31.8. The van der Waals surface area contributed by atoms with Gasteiger partial charge in [-0.2, -0.15) is 0 Å². The third kappa shape index (κ3) is 2.10. The van der Waals surface area contributed by atoms with Gasteiger partial charge < -0.3 is 23.7 Å². The fourth-order valence-corrected chi connectivity index (χ4v) is 8.82. The first-order chi connectivity index (χ1) is 13.9. The number of hydrogen-bond donors (Lipinski definition) is 0. The van der Waals surface area contributed by atoms with Gasteiger partial charge in [-0.25, -0.2) is 0 Å². The van der Waals surface area contributed by atoms with Gasteiger partial charge >= 0.3 is 0 Å². The van der Waals surface area contributed by atoms with Gasteiger partial charge in [-0.3, -0.25) is 0 Å². The largest absolute Gasteiger partial charge is 0.373 e. The highest BCUT2D eigenvalue weighted by Crippen LogP contribution is 2.73. The lowest BCUT2D eigenvalue weighted by atomic mass is 9.55. The molecule has 3 saturated heterocycles. The summed E-state index contributed by atoms with van der Waals surface area (Å²) in [6.45, 7) is 7.48. The number of ether oxygens (including phenoxy) is 5. The van der Waals surface area contributed by atoms with Crippen LogP contribution in [0.3, 0.4) is 0 Å². The molecule has 5 heteroatoms. The molecule has 7 rings (SSSR count). The van der Waals surface area contributed by atoms with Crippen molar-refractivity contribution < 1.29 is 23.7 Å². The molecule has 0 amide bonds. The first-order valence-electron chi connectivity index (χ1n) is 11.9. The predicted molar refractivity (Wildman–Crippen MR) is 105 cm³/mol. The van der Waals surface area contributed by atoms with Crippen LogP contribution in [0.1, 0.15) is 65.2 Å². The summed E-state index contributed by atoms with van der Waals surface area (Å²) in [7, 11) is 0. The molecule has 6 fully saturated rings. The standard InChI is InChI=1S/C24H34O5/c1-20(2)19-4-3-17-16-5-7-21-15-22(26-12-13-27-22)9-10-24(21,29-21)18(16)6-8-23(17,19)28-14-11-25-20/h6,16-17,19H,3-5,7-15H2,1-2H3/t16?,17?,19-,21-,23?,24-/m1/s1. The minimum atomic E-state index is -0.368. The van der Waals surface area contributed by atoms with Crippen molar-refractivity contribution in [3.05, 3.63) is 11.6 Å². The lowest BCUT2D eigenvalue weighted by Gasteiger charge is -2.52. The Morgan fingerprint density at radius 2 is 1.66 bits per heavy atom. The van der Waals surface area contributed by atoms with Crippen LogP contribution in [0, 0.1) is 17.8 Å². The predicted octanol–water partition coefficient (Wildman–Crippen LogP) is 3.75. The van der Waals surface area contributed by atoms with Crippen LogP contribution in [-0.4, -0.2) is 54.6 Å². The van der Waals surface area contributed by atoms with Crippen molar-refractivity contribution >= 4 is 0 Å². The van der Waals surface area contributed by atoms with Crippen LogP contribution in [0.5, 0.6) is 0 Å². The second-order valence-electron chi connectivity index (χ2n) is 11.2. The van der Waals surface area contributed by atoms with Crippen LogP contribution in [0.2, 0.25) is 0 Å². The summed E-state index contributed by atoms with van der Waals surface area (Å²) >= 11 is 0. The normalized spacial score (nSPS) is 53.7. The van der Waals surface area contributed by atoms with E-state index in [1.807, 2.05) is 0 Å². The van der Waals surface area contributed by atoms with Crippen molar-refractivity contribution in [1.29, 1.82) is 0 Å². The molecule has 3 aliphatic heterocycles. The quantitative estimate of drug-likeness (QED) is 0.456. The molecule has 0 bridgehead atoms. The van der Waals surface area contributed by atoms with Crippen LogP contribution in [0.25, 0.3) is 0 Å². The first-order valence-corrected chi connectivity index (χ1v) is 11.9. The summed E-state index contributed by atoms with van der Waals surface area (Å²) in [4.78, 5) is 0. The highest BCUT2D eigenvalue weighted by Gasteiger charge is 2.79.